The average molecular weight is 329 g/mol. The second-order valence-corrected chi connectivity index (χ2v) is 8.03. The van der Waals surface area contributed by atoms with E-state index in [2.05, 4.69) is 25.2 Å². The molecule has 1 aliphatic rings. The molecule has 4 heteroatoms. The molecule has 0 radical (unpaired) electrons. The van der Waals surface area contributed by atoms with Gasteiger partial charge in [-0.3, -0.25) is 4.79 Å². The molecular formula is C18H19NOS2. The van der Waals surface area contributed by atoms with Gasteiger partial charge in [0.2, 0.25) is 0 Å². The molecule has 1 aromatic carbocycles. The van der Waals surface area contributed by atoms with E-state index >= 15 is 0 Å². The number of thioether (sulfide) groups is 1. The lowest BCUT2D eigenvalue weighted by Gasteiger charge is -2.14. The van der Waals surface area contributed by atoms with Gasteiger partial charge in [-0.1, -0.05) is 6.07 Å². The molecular weight excluding hydrogens is 310 g/mol. The van der Waals surface area contributed by atoms with Crippen molar-refractivity contribution in [1.82, 2.24) is 0 Å². The Morgan fingerprint density at radius 1 is 1.09 bits per heavy atom. The maximum Gasteiger partial charge on any atom is 0.262 e. The first kappa shape index (κ1) is 15.4. The van der Waals surface area contributed by atoms with Crippen molar-refractivity contribution in [2.75, 3.05) is 5.32 Å². The molecule has 3 rings (SSSR count). The molecule has 1 aliphatic heterocycles. The Morgan fingerprint density at radius 2 is 1.77 bits per heavy atom. The lowest BCUT2D eigenvalue weighted by atomic mass is 10.1. The topological polar surface area (TPSA) is 29.1 Å². The number of amides is 1. The third-order valence-electron chi connectivity index (χ3n) is 3.88. The van der Waals surface area contributed by atoms with Gasteiger partial charge in [-0.25, -0.2) is 0 Å². The molecule has 0 atom stereocenters. The van der Waals surface area contributed by atoms with Gasteiger partial charge in [0, 0.05) is 21.2 Å². The molecule has 114 valence electrons. The van der Waals surface area contributed by atoms with E-state index in [-0.39, 0.29) is 5.91 Å². The van der Waals surface area contributed by atoms with Crippen LogP contribution in [0, 0.1) is 27.7 Å². The number of nitrogens with one attached hydrogen (secondary N) is 1. The maximum absolute atomic E-state index is 12.5. The Hall–Kier alpha value is -1.52. The largest absolute Gasteiger partial charge is 0.322 e. The van der Waals surface area contributed by atoms with Crippen molar-refractivity contribution < 1.29 is 4.79 Å². The minimum Gasteiger partial charge on any atom is -0.322 e. The van der Waals surface area contributed by atoms with Crippen LogP contribution in [0.2, 0.25) is 0 Å². The fourth-order valence-corrected chi connectivity index (χ4v) is 5.03. The van der Waals surface area contributed by atoms with E-state index in [4.69, 9.17) is 0 Å². The van der Waals surface area contributed by atoms with Gasteiger partial charge in [-0.2, -0.15) is 0 Å². The zero-order chi connectivity index (χ0) is 15.9. The van der Waals surface area contributed by atoms with Gasteiger partial charge < -0.3 is 5.32 Å². The van der Waals surface area contributed by atoms with Gasteiger partial charge in [0.25, 0.3) is 5.91 Å². The molecule has 2 heterocycles. The number of carbonyl (C=O) groups is 1. The van der Waals surface area contributed by atoms with Crippen molar-refractivity contribution in [3.8, 4) is 0 Å². The highest BCUT2D eigenvalue weighted by Crippen LogP contribution is 2.39. The summed E-state index contributed by atoms with van der Waals surface area (Å²) in [5.41, 5.74) is 5.95. The predicted octanol–water partition coefficient (Wildman–Crippen LogP) is 5.21. The monoisotopic (exact) mass is 329 g/mol. The van der Waals surface area contributed by atoms with Gasteiger partial charge >= 0.3 is 0 Å². The number of thiophene rings is 1. The molecule has 0 spiro atoms. The number of anilines is 1. The standard InChI is InChI=1S/C18H19NOS2/c1-10-5-11(2)7-14(6-10)19-18(20)17-8-16-15(9-21-17)12(3)13(4)22-16/h5-8H,9H2,1-4H3,(H,19,20). The van der Waals surface area contributed by atoms with Crippen molar-refractivity contribution in [2.45, 2.75) is 33.4 Å². The summed E-state index contributed by atoms with van der Waals surface area (Å²) in [7, 11) is 0. The number of rotatable bonds is 2. The summed E-state index contributed by atoms with van der Waals surface area (Å²) in [6.07, 6.45) is 2.03. The molecule has 0 saturated heterocycles. The Bertz CT molecular complexity index is 766. The van der Waals surface area contributed by atoms with Crippen LogP contribution in [-0.4, -0.2) is 5.91 Å². The van der Waals surface area contributed by atoms with Crippen LogP contribution in [0.4, 0.5) is 5.69 Å². The van der Waals surface area contributed by atoms with Gasteiger partial charge in [0.1, 0.15) is 0 Å². The summed E-state index contributed by atoms with van der Waals surface area (Å²) in [6.45, 7) is 8.40. The van der Waals surface area contributed by atoms with Crippen LogP contribution < -0.4 is 5.32 Å². The van der Waals surface area contributed by atoms with E-state index in [0.29, 0.717) is 0 Å². The minimum absolute atomic E-state index is 0.00986. The van der Waals surface area contributed by atoms with Crippen LogP contribution in [0.3, 0.4) is 0 Å². The van der Waals surface area contributed by atoms with E-state index in [1.54, 1.807) is 23.1 Å². The third-order valence-corrected chi connectivity index (χ3v) is 6.12. The fraction of sp³-hybridized carbons (Fsp3) is 0.278. The van der Waals surface area contributed by atoms with Crippen LogP contribution in [0.1, 0.15) is 32.0 Å². The molecule has 0 bridgehead atoms. The Labute approximate surface area is 139 Å². The minimum atomic E-state index is -0.00986. The van der Waals surface area contributed by atoms with E-state index in [0.717, 1.165) is 27.5 Å². The maximum atomic E-state index is 12.5. The SMILES string of the molecule is Cc1cc(C)cc(NC(=O)C2=Cc3sc(C)c(C)c3CS2)c1. The zero-order valence-corrected chi connectivity index (χ0v) is 14.9. The fourth-order valence-electron chi connectivity index (χ4n) is 2.68. The Morgan fingerprint density at radius 3 is 2.45 bits per heavy atom. The summed E-state index contributed by atoms with van der Waals surface area (Å²) in [5.74, 6) is 0.877. The van der Waals surface area contributed by atoms with Crippen molar-refractivity contribution in [3.63, 3.8) is 0 Å². The van der Waals surface area contributed by atoms with Crippen LogP contribution in [-0.2, 0) is 10.5 Å². The van der Waals surface area contributed by atoms with E-state index in [9.17, 15) is 4.79 Å². The van der Waals surface area contributed by atoms with Crippen LogP contribution >= 0.6 is 23.1 Å². The number of aryl methyl sites for hydroxylation is 3. The van der Waals surface area contributed by atoms with Crippen LogP contribution in [0.25, 0.3) is 6.08 Å². The molecule has 0 fully saturated rings. The van der Waals surface area contributed by atoms with E-state index in [1.807, 2.05) is 32.1 Å². The van der Waals surface area contributed by atoms with Gasteiger partial charge in [0.15, 0.2) is 0 Å². The molecule has 1 aromatic heterocycles. The highest BCUT2D eigenvalue weighted by atomic mass is 32.2. The van der Waals surface area contributed by atoms with E-state index < -0.39 is 0 Å². The molecule has 22 heavy (non-hydrogen) atoms. The summed E-state index contributed by atoms with van der Waals surface area (Å²) < 4.78 is 0. The number of benzene rings is 1. The first-order valence-electron chi connectivity index (χ1n) is 7.27. The Balaban J connectivity index is 1.84. The number of fused-ring (bicyclic) bond motifs is 1. The van der Waals surface area contributed by atoms with Crippen molar-refractivity contribution in [2.24, 2.45) is 0 Å². The number of carbonyl (C=O) groups excluding carboxylic acids is 1. The van der Waals surface area contributed by atoms with Crippen molar-refractivity contribution in [3.05, 3.63) is 55.1 Å². The summed E-state index contributed by atoms with van der Waals surface area (Å²) in [5, 5.41) is 3.02. The summed E-state index contributed by atoms with van der Waals surface area (Å²) in [6, 6.07) is 6.11. The van der Waals surface area contributed by atoms with Gasteiger partial charge in [-0.15, -0.1) is 23.1 Å². The molecule has 0 unspecified atom stereocenters. The second kappa shape index (κ2) is 5.94. The van der Waals surface area contributed by atoms with Crippen molar-refractivity contribution in [1.29, 1.82) is 0 Å². The first-order chi connectivity index (χ1) is 10.4. The molecule has 1 amide bonds. The Kier molecular flexibility index (Phi) is 4.15. The van der Waals surface area contributed by atoms with Crippen LogP contribution in [0.15, 0.2) is 23.1 Å². The third kappa shape index (κ3) is 2.99. The first-order valence-corrected chi connectivity index (χ1v) is 9.07. The predicted molar refractivity (Wildman–Crippen MR) is 97.6 cm³/mol. The molecule has 0 aliphatic carbocycles. The molecule has 1 N–H and O–H groups in total. The summed E-state index contributed by atoms with van der Waals surface area (Å²) in [4.78, 5) is 15.9. The zero-order valence-electron chi connectivity index (χ0n) is 13.2. The quantitative estimate of drug-likeness (QED) is 0.819. The van der Waals surface area contributed by atoms with Gasteiger partial charge in [0.05, 0.1) is 4.91 Å². The lowest BCUT2D eigenvalue weighted by molar-refractivity contribution is -0.112. The molecule has 2 aromatic rings. The smallest absolute Gasteiger partial charge is 0.262 e. The summed E-state index contributed by atoms with van der Waals surface area (Å²) >= 11 is 3.40. The second-order valence-electron chi connectivity index (χ2n) is 5.75. The average Bonchev–Trinajstić information content (AvgIpc) is 2.72. The van der Waals surface area contributed by atoms with Crippen molar-refractivity contribution >= 4 is 40.8 Å². The van der Waals surface area contributed by atoms with Gasteiger partial charge in [-0.05, 0) is 68.2 Å². The van der Waals surface area contributed by atoms with E-state index in [1.165, 1.54) is 20.9 Å². The van der Waals surface area contributed by atoms with Crippen LogP contribution in [0.5, 0.6) is 0 Å². The highest BCUT2D eigenvalue weighted by Gasteiger charge is 2.21. The molecule has 0 saturated carbocycles. The number of hydrogen-bond acceptors (Lipinski definition) is 3. The molecule has 2 nitrogen and oxygen atoms in total. The number of hydrogen-bond donors (Lipinski definition) is 1. The normalized spacial score (nSPS) is 13.5. The highest BCUT2D eigenvalue weighted by molar-refractivity contribution is 8.03. The lowest BCUT2D eigenvalue weighted by Crippen LogP contribution is -2.14.